The Morgan fingerprint density at radius 1 is 0.941 bits per heavy atom. The van der Waals surface area contributed by atoms with Crippen LogP contribution in [0.25, 0.3) is 0 Å². The van der Waals surface area contributed by atoms with Gasteiger partial charge in [0, 0.05) is 16.6 Å². The molecule has 178 valence electrons. The molecule has 0 saturated heterocycles. The lowest BCUT2D eigenvalue weighted by atomic mass is 9.95. The molecule has 0 aromatic heterocycles. The number of nitrogens with zero attached hydrogens (tertiary/aromatic N) is 1. The zero-order valence-corrected chi connectivity index (χ0v) is 19.6. The quantitative estimate of drug-likeness (QED) is 0.467. The van der Waals surface area contributed by atoms with E-state index < -0.39 is 39.4 Å². The highest BCUT2D eigenvalue weighted by Crippen LogP contribution is 2.37. The van der Waals surface area contributed by atoms with Gasteiger partial charge < -0.3 is 5.32 Å². The van der Waals surface area contributed by atoms with E-state index in [9.17, 15) is 26.4 Å². The maximum absolute atomic E-state index is 13.5. The van der Waals surface area contributed by atoms with Crippen molar-refractivity contribution in [1.82, 2.24) is 4.31 Å². The highest BCUT2D eigenvalue weighted by atomic mass is 35.5. The number of amides is 1. The molecule has 1 aliphatic heterocycles. The van der Waals surface area contributed by atoms with Crippen molar-refractivity contribution in [3.05, 3.63) is 93.5 Å². The molecule has 0 saturated carbocycles. The second kappa shape index (κ2) is 9.22. The van der Waals surface area contributed by atoms with E-state index in [1.807, 2.05) is 0 Å². The molecule has 0 bridgehead atoms. The van der Waals surface area contributed by atoms with Gasteiger partial charge in [-0.15, -0.1) is 0 Å². The molecule has 3 aromatic carbocycles. The molecule has 0 fully saturated rings. The lowest BCUT2D eigenvalue weighted by molar-refractivity contribution is -0.137. The minimum Gasteiger partial charge on any atom is -0.324 e. The van der Waals surface area contributed by atoms with E-state index in [0.29, 0.717) is 16.7 Å². The summed E-state index contributed by atoms with van der Waals surface area (Å²) in [7, 11) is -4.18. The monoisotopic (exact) mass is 528 g/mol. The Labute approximate surface area is 204 Å². The minimum atomic E-state index is -4.78. The van der Waals surface area contributed by atoms with E-state index in [2.05, 4.69) is 5.32 Å². The Morgan fingerprint density at radius 3 is 2.21 bits per heavy atom. The average Bonchev–Trinajstić information content (AvgIpc) is 2.79. The summed E-state index contributed by atoms with van der Waals surface area (Å²) in [5, 5.41) is 2.45. The molecule has 5 nitrogen and oxygen atoms in total. The number of rotatable bonds is 4. The van der Waals surface area contributed by atoms with Gasteiger partial charge in [-0.25, -0.2) is 8.42 Å². The molecule has 0 aliphatic carbocycles. The van der Waals surface area contributed by atoms with E-state index in [0.717, 1.165) is 15.9 Å². The summed E-state index contributed by atoms with van der Waals surface area (Å²) in [6.45, 7) is -0.119. The molecule has 1 unspecified atom stereocenters. The average molecular weight is 529 g/mol. The lowest BCUT2D eigenvalue weighted by Gasteiger charge is -2.35. The van der Waals surface area contributed by atoms with Crippen molar-refractivity contribution in [1.29, 1.82) is 0 Å². The third kappa shape index (κ3) is 4.93. The number of carbonyl (C=O) groups is 1. The number of benzene rings is 3. The summed E-state index contributed by atoms with van der Waals surface area (Å²) in [6.07, 6.45) is -4.79. The molecular weight excluding hydrogens is 512 g/mol. The van der Waals surface area contributed by atoms with Crippen LogP contribution in [0.4, 0.5) is 18.9 Å². The summed E-state index contributed by atoms with van der Waals surface area (Å²) in [6, 6.07) is 14.1. The fourth-order valence-corrected chi connectivity index (χ4v) is 5.66. The topological polar surface area (TPSA) is 66.5 Å². The maximum atomic E-state index is 13.5. The Bertz CT molecular complexity index is 1350. The number of hydrogen-bond donors (Lipinski definition) is 1. The fourth-order valence-electron chi connectivity index (χ4n) is 3.79. The van der Waals surface area contributed by atoms with E-state index >= 15 is 0 Å². The molecular formula is C23H17Cl2F3N2O3S. The van der Waals surface area contributed by atoms with Gasteiger partial charge in [-0.2, -0.15) is 17.5 Å². The number of carbonyl (C=O) groups excluding carboxylic acids is 1. The number of sulfonamides is 1. The summed E-state index contributed by atoms with van der Waals surface area (Å²) < 4.78 is 68.4. The molecule has 0 radical (unpaired) electrons. The number of halogens is 5. The van der Waals surface area contributed by atoms with Gasteiger partial charge in [-0.3, -0.25) is 4.79 Å². The van der Waals surface area contributed by atoms with Crippen molar-refractivity contribution >= 4 is 44.8 Å². The molecule has 11 heteroatoms. The number of alkyl halides is 3. The number of fused-ring (bicyclic) bond motifs is 1. The molecule has 34 heavy (non-hydrogen) atoms. The van der Waals surface area contributed by atoms with E-state index in [1.165, 1.54) is 30.3 Å². The Kier molecular flexibility index (Phi) is 6.65. The molecule has 1 atom stereocenters. The summed E-state index contributed by atoms with van der Waals surface area (Å²) >= 11 is 11.6. The molecule has 0 spiro atoms. The van der Waals surface area contributed by atoms with Gasteiger partial charge in [0.15, 0.2) is 0 Å². The van der Waals surface area contributed by atoms with Gasteiger partial charge in [-0.1, -0.05) is 47.5 Å². The van der Waals surface area contributed by atoms with E-state index in [1.54, 1.807) is 24.3 Å². The Balaban J connectivity index is 1.74. The number of hydrogen-bond acceptors (Lipinski definition) is 3. The second-order valence-corrected chi connectivity index (χ2v) is 10.4. The second-order valence-electron chi connectivity index (χ2n) is 7.67. The Morgan fingerprint density at radius 2 is 1.56 bits per heavy atom. The highest BCUT2D eigenvalue weighted by Gasteiger charge is 2.41. The van der Waals surface area contributed by atoms with Crippen LogP contribution in [-0.4, -0.2) is 24.7 Å². The summed E-state index contributed by atoms with van der Waals surface area (Å²) in [4.78, 5) is 13.2. The minimum absolute atomic E-state index is 0.0102. The largest absolute Gasteiger partial charge is 0.418 e. The van der Waals surface area contributed by atoms with Crippen molar-refractivity contribution < 1.29 is 26.4 Å². The van der Waals surface area contributed by atoms with Crippen LogP contribution in [0.3, 0.4) is 0 Å². The van der Waals surface area contributed by atoms with E-state index in [-0.39, 0.29) is 22.9 Å². The van der Waals surface area contributed by atoms with Crippen molar-refractivity contribution in [2.75, 3.05) is 5.32 Å². The van der Waals surface area contributed by atoms with Gasteiger partial charge in [0.25, 0.3) is 0 Å². The molecule has 4 rings (SSSR count). The first-order chi connectivity index (χ1) is 16.0. The van der Waals surface area contributed by atoms with Crippen molar-refractivity contribution in [2.24, 2.45) is 0 Å². The third-order valence-corrected chi connectivity index (χ3v) is 7.83. The standard InChI is InChI=1S/C23H17Cl2F3N2O3S/c24-16-5-8-18(9-6-16)34(32,33)30-13-15-4-2-1-3-14(15)11-21(30)22(31)29-20-10-7-17(25)12-19(20)23(26,27)28/h1-10,12,21H,11,13H2,(H,29,31). The smallest absolute Gasteiger partial charge is 0.324 e. The number of anilines is 1. The van der Waals surface area contributed by atoms with Crippen LogP contribution in [0, 0.1) is 0 Å². The van der Waals surface area contributed by atoms with Gasteiger partial charge in [0.05, 0.1) is 16.1 Å². The fraction of sp³-hybridized carbons (Fsp3) is 0.174. The first-order valence-electron chi connectivity index (χ1n) is 9.98. The van der Waals surface area contributed by atoms with Crippen LogP contribution in [0.2, 0.25) is 10.0 Å². The van der Waals surface area contributed by atoms with Crippen LogP contribution < -0.4 is 5.32 Å². The maximum Gasteiger partial charge on any atom is 0.418 e. The lowest BCUT2D eigenvalue weighted by Crippen LogP contribution is -2.50. The van der Waals surface area contributed by atoms with Crippen molar-refractivity contribution in [3.8, 4) is 0 Å². The third-order valence-electron chi connectivity index (χ3n) is 5.47. The predicted molar refractivity (Wildman–Crippen MR) is 123 cm³/mol. The van der Waals surface area contributed by atoms with Gasteiger partial charge >= 0.3 is 6.18 Å². The summed E-state index contributed by atoms with van der Waals surface area (Å²) in [5.74, 6) is -0.889. The van der Waals surface area contributed by atoms with Crippen LogP contribution in [0.15, 0.2) is 71.6 Å². The van der Waals surface area contributed by atoms with Crippen LogP contribution in [0.5, 0.6) is 0 Å². The zero-order chi connectivity index (χ0) is 24.7. The molecule has 1 N–H and O–H groups in total. The van der Waals surface area contributed by atoms with Crippen LogP contribution in [-0.2, 0) is 34.0 Å². The molecule has 3 aromatic rings. The first kappa shape index (κ1) is 24.5. The van der Waals surface area contributed by atoms with Gasteiger partial charge in [-0.05, 0) is 60.0 Å². The molecule has 1 aliphatic rings. The predicted octanol–water partition coefficient (Wildman–Crippen LogP) is 5.77. The SMILES string of the molecule is O=C(Nc1ccc(Cl)cc1C(F)(F)F)C1Cc2ccccc2CN1S(=O)(=O)c1ccc(Cl)cc1. The summed E-state index contributed by atoms with van der Waals surface area (Å²) in [5.41, 5.74) is -0.204. The Hall–Kier alpha value is -2.59. The zero-order valence-electron chi connectivity index (χ0n) is 17.3. The molecule has 1 heterocycles. The van der Waals surface area contributed by atoms with Crippen LogP contribution >= 0.6 is 23.2 Å². The van der Waals surface area contributed by atoms with Gasteiger partial charge in [0.1, 0.15) is 6.04 Å². The van der Waals surface area contributed by atoms with Crippen molar-refractivity contribution in [2.45, 2.75) is 30.1 Å². The first-order valence-corrected chi connectivity index (χ1v) is 12.2. The van der Waals surface area contributed by atoms with E-state index in [4.69, 9.17) is 23.2 Å². The van der Waals surface area contributed by atoms with Gasteiger partial charge in [0.2, 0.25) is 15.9 Å². The number of nitrogens with one attached hydrogen (secondary N) is 1. The molecule has 1 amide bonds. The normalized spacial score (nSPS) is 16.7. The van der Waals surface area contributed by atoms with Crippen molar-refractivity contribution in [3.63, 3.8) is 0 Å². The highest BCUT2D eigenvalue weighted by molar-refractivity contribution is 7.89. The van der Waals surface area contributed by atoms with Crippen LogP contribution in [0.1, 0.15) is 16.7 Å².